The molecule has 3 aromatic rings. The highest BCUT2D eigenvalue weighted by atomic mass is 16.6. The molecule has 3 atom stereocenters. The first kappa shape index (κ1) is 27.1. The summed E-state index contributed by atoms with van der Waals surface area (Å²) in [6.07, 6.45) is -0.302. The molecule has 0 saturated carbocycles. The summed E-state index contributed by atoms with van der Waals surface area (Å²) in [5, 5.41) is 11.6. The number of fused-ring (bicyclic) bond motifs is 3. The normalized spacial score (nSPS) is 18.3. The van der Waals surface area contributed by atoms with Crippen molar-refractivity contribution in [2.45, 2.75) is 26.4 Å². The van der Waals surface area contributed by atoms with E-state index in [1.54, 1.807) is 37.4 Å². The van der Waals surface area contributed by atoms with E-state index in [4.69, 9.17) is 28.4 Å². The van der Waals surface area contributed by atoms with Gasteiger partial charge in [-0.15, -0.1) is 0 Å². The van der Waals surface area contributed by atoms with Gasteiger partial charge in [0.2, 0.25) is 11.5 Å². The van der Waals surface area contributed by atoms with Crippen LogP contribution < -0.4 is 28.4 Å². The highest BCUT2D eigenvalue weighted by Gasteiger charge is 2.37. The van der Waals surface area contributed by atoms with Gasteiger partial charge < -0.3 is 33.5 Å². The lowest BCUT2D eigenvalue weighted by Crippen LogP contribution is -2.23. The van der Waals surface area contributed by atoms with Crippen molar-refractivity contribution >= 4 is 5.97 Å². The zero-order chi connectivity index (χ0) is 27.6. The average molecular weight is 523 g/mol. The number of benzene rings is 3. The third-order valence-corrected chi connectivity index (χ3v) is 7.28. The van der Waals surface area contributed by atoms with E-state index < -0.39 is 12.1 Å². The number of aliphatic hydroxyl groups is 1. The Kier molecular flexibility index (Phi) is 8.02. The van der Waals surface area contributed by atoms with Crippen molar-refractivity contribution in [3.63, 3.8) is 0 Å². The Labute approximate surface area is 223 Å². The summed E-state index contributed by atoms with van der Waals surface area (Å²) in [6.45, 7) is 4.08. The molecule has 0 saturated heterocycles. The standard InChI is InChI=1S/C30H34O8/c1-16-13-19-14-21(33-3)26(35-5)28(37-7)23(19)24-20(25(31)17(16)2)15-22(34-4)27(36-6)29(24)38-30(32)18-11-9-8-10-12-18/h8-12,14-17,25,31H,13H2,1-7H3/t16-,17-,25-/m1/s1. The maximum Gasteiger partial charge on any atom is 0.343 e. The molecule has 0 fully saturated rings. The van der Waals surface area contributed by atoms with Crippen molar-refractivity contribution < 1.29 is 38.3 Å². The second-order valence-corrected chi connectivity index (χ2v) is 9.33. The van der Waals surface area contributed by atoms with Crippen LogP contribution in [-0.2, 0) is 6.42 Å². The van der Waals surface area contributed by atoms with Gasteiger partial charge in [-0.1, -0.05) is 32.0 Å². The highest BCUT2D eigenvalue weighted by Crippen LogP contribution is 2.57. The fourth-order valence-corrected chi connectivity index (χ4v) is 5.06. The Hall–Kier alpha value is -3.91. The molecule has 0 aliphatic heterocycles. The van der Waals surface area contributed by atoms with Crippen LogP contribution in [0.15, 0.2) is 42.5 Å². The molecule has 0 bridgehead atoms. The number of hydrogen-bond acceptors (Lipinski definition) is 8. The summed E-state index contributed by atoms with van der Waals surface area (Å²) in [7, 11) is 7.60. The number of hydrogen-bond donors (Lipinski definition) is 1. The van der Waals surface area contributed by atoms with Crippen LogP contribution in [0.2, 0.25) is 0 Å². The number of ether oxygens (including phenoxy) is 6. The van der Waals surface area contributed by atoms with Crippen molar-refractivity contribution in [1.29, 1.82) is 0 Å². The highest BCUT2D eigenvalue weighted by molar-refractivity contribution is 5.95. The van der Waals surface area contributed by atoms with Crippen molar-refractivity contribution in [3.8, 4) is 45.6 Å². The summed E-state index contributed by atoms with van der Waals surface area (Å²) in [4.78, 5) is 13.4. The topological polar surface area (TPSA) is 92.7 Å². The first-order valence-corrected chi connectivity index (χ1v) is 12.4. The van der Waals surface area contributed by atoms with Crippen molar-refractivity contribution in [2.24, 2.45) is 11.8 Å². The predicted octanol–water partition coefficient (Wildman–Crippen LogP) is 5.48. The first-order chi connectivity index (χ1) is 18.3. The quantitative estimate of drug-likeness (QED) is 0.322. The molecule has 4 rings (SSSR count). The zero-order valence-corrected chi connectivity index (χ0v) is 22.8. The molecule has 8 nitrogen and oxygen atoms in total. The summed E-state index contributed by atoms with van der Waals surface area (Å²) >= 11 is 0. The minimum atomic E-state index is -0.903. The number of carbonyl (C=O) groups excluding carboxylic acids is 1. The van der Waals surface area contributed by atoms with Crippen molar-refractivity contribution in [2.75, 3.05) is 35.5 Å². The minimum Gasteiger partial charge on any atom is -0.493 e. The lowest BCUT2D eigenvalue weighted by atomic mass is 9.76. The number of carbonyl (C=O) groups is 1. The van der Waals surface area contributed by atoms with Gasteiger partial charge >= 0.3 is 5.97 Å². The Balaban J connectivity index is 2.15. The molecule has 1 aliphatic carbocycles. The van der Waals surface area contributed by atoms with Crippen LogP contribution in [0.5, 0.6) is 34.5 Å². The molecule has 0 heterocycles. The molecule has 0 amide bonds. The smallest absolute Gasteiger partial charge is 0.343 e. The monoisotopic (exact) mass is 522 g/mol. The lowest BCUT2D eigenvalue weighted by molar-refractivity contribution is 0.0722. The van der Waals surface area contributed by atoms with Crippen molar-refractivity contribution in [1.82, 2.24) is 0 Å². The largest absolute Gasteiger partial charge is 0.493 e. The van der Waals surface area contributed by atoms with E-state index >= 15 is 0 Å². The van der Waals surface area contributed by atoms with Gasteiger partial charge in [0.1, 0.15) is 0 Å². The van der Waals surface area contributed by atoms with E-state index in [-0.39, 0.29) is 23.3 Å². The average Bonchev–Trinajstić information content (AvgIpc) is 2.94. The van der Waals surface area contributed by atoms with E-state index in [9.17, 15) is 9.90 Å². The zero-order valence-electron chi connectivity index (χ0n) is 22.8. The Bertz CT molecular complexity index is 1320. The van der Waals surface area contributed by atoms with Crippen LogP contribution in [0.25, 0.3) is 11.1 Å². The van der Waals surface area contributed by atoms with Crippen LogP contribution in [0, 0.1) is 11.8 Å². The molecule has 1 aliphatic rings. The Morgan fingerprint density at radius 3 is 1.92 bits per heavy atom. The molecule has 3 aromatic carbocycles. The van der Waals surface area contributed by atoms with Gasteiger partial charge in [-0.05, 0) is 53.6 Å². The third-order valence-electron chi connectivity index (χ3n) is 7.28. The van der Waals surface area contributed by atoms with Crippen molar-refractivity contribution in [3.05, 3.63) is 59.2 Å². The molecule has 0 radical (unpaired) electrons. The second-order valence-electron chi connectivity index (χ2n) is 9.33. The van der Waals surface area contributed by atoms with E-state index in [0.717, 1.165) is 5.56 Å². The first-order valence-electron chi connectivity index (χ1n) is 12.4. The fourth-order valence-electron chi connectivity index (χ4n) is 5.06. The Morgan fingerprint density at radius 2 is 1.34 bits per heavy atom. The molecule has 8 heteroatoms. The molecule has 0 aromatic heterocycles. The molecule has 38 heavy (non-hydrogen) atoms. The summed E-state index contributed by atoms with van der Waals surface area (Å²) < 4.78 is 34.7. The Morgan fingerprint density at radius 1 is 0.763 bits per heavy atom. The third kappa shape index (κ3) is 4.60. The van der Waals surface area contributed by atoms with E-state index in [1.165, 1.54) is 28.4 Å². The minimum absolute atomic E-state index is 0.0862. The van der Waals surface area contributed by atoms with E-state index in [2.05, 4.69) is 6.92 Å². The predicted molar refractivity (Wildman–Crippen MR) is 143 cm³/mol. The van der Waals surface area contributed by atoms with Gasteiger partial charge in [-0.2, -0.15) is 0 Å². The van der Waals surface area contributed by atoms with Crippen LogP contribution >= 0.6 is 0 Å². The number of rotatable bonds is 7. The fraction of sp³-hybridized carbons (Fsp3) is 0.367. The maximum absolute atomic E-state index is 13.4. The van der Waals surface area contributed by atoms with Gasteiger partial charge in [0, 0.05) is 11.1 Å². The molecular formula is C30H34O8. The second kappa shape index (κ2) is 11.2. The van der Waals surface area contributed by atoms with Crippen LogP contribution in [-0.4, -0.2) is 46.6 Å². The van der Waals surface area contributed by atoms with Gasteiger partial charge in [-0.25, -0.2) is 4.79 Å². The van der Waals surface area contributed by atoms with E-state index in [1.807, 2.05) is 19.1 Å². The number of aliphatic hydroxyl groups excluding tert-OH is 1. The molecular weight excluding hydrogens is 488 g/mol. The number of methoxy groups -OCH3 is 5. The van der Waals surface area contributed by atoms with Gasteiger partial charge in [-0.3, -0.25) is 0 Å². The van der Waals surface area contributed by atoms with Gasteiger partial charge in [0.15, 0.2) is 23.0 Å². The molecule has 202 valence electrons. The van der Waals surface area contributed by atoms with Crippen LogP contribution in [0.3, 0.4) is 0 Å². The maximum atomic E-state index is 13.4. The summed E-state index contributed by atoms with van der Waals surface area (Å²) in [5.41, 5.74) is 2.85. The van der Waals surface area contributed by atoms with E-state index in [0.29, 0.717) is 51.7 Å². The lowest BCUT2D eigenvalue weighted by Gasteiger charge is -2.33. The van der Waals surface area contributed by atoms with Gasteiger partial charge in [0.25, 0.3) is 0 Å². The molecule has 1 N–H and O–H groups in total. The SMILES string of the molecule is COc1cc2c(c(OC)c1OC)-c1c(cc(OC)c(OC)c1OC(=O)c1ccccc1)[C@H](O)[C@H](C)[C@H](C)C2. The molecule has 0 spiro atoms. The summed E-state index contributed by atoms with van der Waals surface area (Å²) in [6, 6.07) is 12.3. The van der Waals surface area contributed by atoms with Gasteiger partial charge in [0.05, 0.1) is 47.2 Å². The summed E-state index contributed by atoms with van der Waals surface area (Å²) in [5.74, 6) is 1.29. The molecule has 0 unspecified atom stereocenters. The van der Waals surface area contributed by atoms with Crippen LogP contribution in [0.4, 0.5) is 0 Å². The number of esters is 1. The van der Waals surface area contributed by atoms with Crippen LogP contribution in [0.1, 0.15) is 41.4 Å².